The first-order valence-electron chi connectivity index (χ1n) is 10.2. The summed E-state index contributed by atoms with van der Waals surface area (Å²) in [6, 6.07) is 9.92. The standard InChI is InChI=1S/C22H26N4O3S/c1-16-5-3-6-18(17(16)2)28-13-8-21(27)26-11-9-25(10-12-26)15-20-23-22(29-24-20)19-7-4-14-30-19/h3-7,14H,8-13,15H2,1-2H3. The van der Waals surface area contributed by atoms with E-state index < -0.39 is 0 Å². The molecule has 1 aliphatic heterocycles. The van der Waals surface area contributed by atoms with E-state index in [0.29, 0.717) is 44.4 Å². The second kappa shape index (κ2) is 9.40. The van der Waals surface area contributed by atoms with Crippen molar-refractivity contribution in [3.8, 4) is 16.5 Å². The van der Waals surface area contributed by atoms with Crippen LogP contribution >= 0.6 is 11.3 Å². The molecule has 0 N–H and O–H groups in total. The van der Waals surface area contributed by atoms with E-state index in [0.717, 1.165) is 29.3 Å². The van der Waals surface area contributed by atoms with E-state index in [1.54, 1.807) is 11.3 Å². The Morgan fingerprint density at radius 2 is 2.00 bits per heavy atom. The third-order valence-electron chi connectivity index (χ3n) is 5.42. The van der Waals surface area contributed by atoms with Gasteiger partial charge in [-0.3, -0.25) is 9.69 Å². The fourth-order valence-corrected chi connectivity index (χ4v) is 4.11. The number of amides is 1. The zero-order valence-electron chi connectivity index (χ0n) is 17.3. The highest BCUT2D eigenvalue weighted by atomic mass is 32.1. The minimum Gasteiger partial charge on any atom is -0.493 e. The first-order chi connectivity index (χ1) is 14.6. The van der Waals surface area contributed by atoms with Gasteiger partial charge < -0.3 is 14.2 Å². The zero-order valence-corrected chi connectivity index (χ0v) is 18.2. The Bertz CT molecular complexity index is 978. The van der Waals surface area contributed by atoms with Crippen LogP contribution in [0.3, 0.4) is 0 Å². The Labute approximate surface area is 180 Å². The third kappa shape index (κ3) is 4.88. The normalized spacial score (nSPS) is 14.8. The maximum Gasteiger partial charge on any atom is 0.268 e. The van der Waals surface area contributed by atoms with Gasteiger partial charge in [-0.05, 0) is 42.5 Å². The molecular formula is C22H26N4O3S. The number of hydrogen-bond acceptors (Lipinski definition) is 7. The van der Waals surface area contributed by atoms with Gasteiger partial charge in [0.15, 0.2) is 5.82 Å². The van der Waals surface area contributed by atoms with Crippen molar-refractivity contribution in [1.82, 2.24) is 19.9 Å². The van der Waals surface area contributed by atoms with Gasteiger partial charge in [-0.25, -0.2) is 0 Å². The number of ether oxygens (including phenoxy) is 1. The van der Waals surface area contributed by atoms with Crippen LogP contribution in [-0.2, 0) is 11.3 Å². The van der Waals surface area contributed by atoms with Gasteiger partial charge in [-0.2, -0.15) is 4.98 Å². The highest BCUT2D eigenvalue weighted by molar-refractivity contribution is 7.13. The molecule has 30 heavy (non-hydrogen) atoms. The molecule has 0 spiro atoms. The minimum absolute atomic E-state index is 0.138. The molecular weight excluding hydrogens is 400 g/mol. The molecule has 3 aromatic rings. The van der Waals surface area contributed by atoms with E-state index in [-0.39, 0.29) is 5.91 Å². The molecule has 0 radical (unpaired) electrons. The lowest BCUT2D eigenvalue weighted by Crippen LogP contribution is -2.48. The number of nitrogens with zero attached hydrogens (tertiary/aromatic N) is 4. The van der Waals surface area contributed by atoms with Gasteiger partial charge in [-0.15, -0.1) is 11.3 Å². The first kappa shape index (κ1) is 20.6. The summed E-state index contributed by atoms with van der Waals surface area (Å²) in [5, 5.41) is 6.07. The number of carbonyl (C=O) groups excluding carboxylic acids is 1. The van der Waals surface area contributed by atoms with Gasteiger partial charge in [0.05, 0.1) is 24.4 Å². The molecule has 2 aromatic heterocycles. The van der Waals surface area contributed by atoms with Crippen molar-refractivity contribution < 1.29 is 14.1 Å². The lowest BCUT2D eigenvalue weighted by Gasteiger charge is -2.34. The molecule has 1 aromatic carbocycles. The summed E-state index contributed by atoms with van der Waals surface area (Å²) in [4.78, 5) is 22.1. The third-order valence-corrected chi connectivity index (χ3v) is 6.28. The molecule has 1 fully saturated rings. The van der Waals surface area contributed by atoms with Crippen molar-refractivity contribution in [2.75, 3.05) is 32.8 Å². The Morgan fingerprint density at radius 3 is 2.77 bits per heavy atom. The van der Waals surface area contributed by atoms with Crippen LogP contribution in [0.2, 0.25) is 0 Å². The van der Waals surface area contributed by atoms with Crippen molar-refractivity contribution in [2.24, 2.45) is 0 Å². The molecule has 158 valence electrons. The highest BCUT2D eigenvalue weighted by Crippen LogP contribution is 2.23. The fraction of sp³-hybridized carbons (Fsp3) is 0.409. The topological polar surface area (TPSA) is 71.7 Å². The predicted molar refractivity (Wildman–Crippen MR) is 115 cm³/mol. The Balaban J connectivity index is 1.20. The second-order valence-electron chi connectivity index (χ2n) is 7.45. The van der Waals surface area contributed by atoms with Gasteiger partial charge >= 0.3 is 0 Å². The van der Waals surface area contributed by atoms with Gasteiger partial charge in [0.25, 0.3) is 5.89 Å². The number of aromatic nitrogens is 2. The first-order valence-corrected chi connectivity index (χ1v) is 11.0. The van der Waals surface area contributed by atoms with Crippen LogP contribution in [0.4, 0.5) is 0 Å². The molecule has 3 heterocycles. The van der Waals surface area contributed by atoms with Crippen LogP contribution in [0.5, 0.6) is 5.75 Å². The van der Waals surface area contributed by atoms with Crippen LogP contribution in [0.15, 0.2) is 40.2 Å². The summed E-state index contributed by atoms with van der Waals surface area (Å²) in [5.74, 6) is 2.24. The molecule has 1 amide bonds. The van der Waals surface area contributed by atoms with Crippen LogP contribution < -0.4 is 4.74 Å². The van der Waals surface area contributed by atoms with Gasteiger partial charge in [-0.1, -0.05) is 23.4 Å². The number of benzene rings is 1. The second-order valence-corrected chi connectivity index (χ2v) is 8.39. The number of hydrogen-bond donors (Lipinski definition) is 0. The zero-order chi connectivity index (χ0) is 20.9. The SMILES string of the molecule is Cc1cccc(OCCC(=O)N2CCN(Cc3noc(-c4cccs4)n3)CC2)c1C. The molecule has 1 saturated heterocycles. The van der Waals surface area contributed by atoms with Crippen LogP contribution in [-0.4, -0.2) is 58.6 Å². The van der Waals surface area contributed by atoms with Crippen molar-refractivity contribution in [2.45, 2.75) is 26.8 Å². The molecule has 7 nitrogen and oxygen atoms in total. The maximum absolute atomic E-state index is 12.5. The van der Waals surface area contributed by atoms with E-state index in [1.165, 1.54) is 5.56 Å². The van der Waals surface area contributed by atoms with Crippen molar-refractivity contribution >= 4 is 17.2 Å². The Hall–Kier alpha value is -2.71. The van der Waals surface area contributed by atoms with E-state index in [4.69, 9.17) is 9.26 Å². The molecule has 0 atom stereocenters. The number of rotatable bonds is 7. The van der Waals surface area contributed by atoms with E-state index in [9.17, 15) is 4.79 Å². The molecule has 0 saturated carbocycles. The van der Waals surface area contributed by atoms with E-state index in [1.807, 2.05) is 41.5 Å². The highest BCUT2D eigenvalue weighted by Gasteiger charge is 2.22. The van der Waals surface area contributed by atoms with Crippen LogP contribution in [0.1, 0.15) is 23.4 Å². The Morgan fingerprint density at radius 1 is 1.17 bits per heavy atom. The van der Waals surface area contributed by atoms with E-state index >= 15 is 0 Å². The lowest BCUT2D eigenvalue weighted by atomic mass is 10.1. The van der Waals surface area contributed by atoms with Crippen molar-refractivity contribution in [1.29, 1.82) is 0 Å². The Kier molecular flexibility index (Phi) is 6.44. The largest absolute Gasteiger partial charge is 0.493 e. The lowest BCUT2D eigenvalue weighted by molar-refractivity contribution is -0.133. The number of aryl methyl sites for hydroxylation is 1. The average Bonchev–Trinajstić information content (AvgIpc) is 3.43. The van der Waals surface area contributed by atoms with Gasteiger partial charge in [0.1, 0.15) is 5.75 Å². The van der Waals surface area contributed by atoms with Crippen LogP contribution in [0, 0.1) is 13.8 Å². The number of piperazine rings is 1. The smallest absolute Gasteiger partial charge is 0.268 e. The van der Waals surface area contributed by atoms with Crippen molar-refractivity contribution in [3.63, 3.8) is 0 Å². The molecule has 0 bridgehead atoms. The number of thiophene rings is 1. The summed E-state index contributed by atoms with van der Waals surface area (Å²) < 4.78 is 11.2. The maximum atomic E-state index is 12.5. The summed E-state index contributed by atoms with van der Waals surface area (Å²) in [6.07, 6.45) is 0.391. The summed E-state index contributed by atoms with van der Waals surface area (Å²) in [7, 11) is 0. The molecule has 0 aliphatic carbocycles. The monoisotopic (exact) mass is 426 g/mol. The van der Waals surface area contributed by atoms with Gasteiger partial charge in [0, 0.05) is 26.2 Å². The minimum atomic E-state index is 0.138. The number of carbonyl (C=O) groups is 1. The summed E-state index contributed by atoms with van der Waals surface area (Å²) >= 11 is 1.58. The van der Waals surface area contributed by atoms with Crippen LogP contribution in [0.25, 0.3) is 10.8 Å². The van der Waals surface area contributed by atoms with E-state index in [2.05, 4.69) is 28.0 Å². The predicted octanol–water partition coefficient (Wildman–Crippen LogP) is 3.53. The van der Waals surface area contributed by atoms with Gasteiger partial charge in [0.2, 0.25) is 5.91 Å². The molecule has 0 unspecified atom stereocenters. The average molecular weight is 427 g/mol. The fourth-order valence-electron chi connectivity index (χ4n) is 3.46. The summed E-state index contributed by atoms with van der Waals surface area (Å²) in [6.45, 7) is 8.14. The molecule has 4 rings (SSSR count). The van der Waals surface area contributed by atoms with Crippen molar-refractivity contribution in [3.05, 3.63) is 52.7 Å². The molecule has 1 aliphatic rings. The molecule has 8 heteroatoms. The summed E-state index contributed by atoms with van der Waals surface area (Å²) in [5.41, 5.74) is 2.32. The quantitative estimate of drug-likeness (QED) is 0.576.